The zero-order valence-corrected chi connectivity index (χ0v) is 17.8. The van der Waals surface area contributed by atoms with Crippen LogP contribution in [0.2, 0.25) is 0 Å². The summed E-state index contributed by atoms with van der Waals surface area (Å²) in [4.78, 5) is 51.2. The van der Waals surface area contributed by atoms with E-state index in [1.54, 1.807) is 68.4 Å². The van der Waals surface area contributed by atoms with Crippen molar-refractivity contribution in [1.29, 1.82) is 0 Å². The van der Waals surface area contributed by atoms with Crippen molar-refractivity contribution in [3.63, 3.8) is 0 Å². The summed E-state index contributed by atoms with van der Waals surface area (Å²) in [5, 5.41) is 4.77. The number of nitrogens with zero attached hydrogens (tertiary/aromatic N) is 3. The predicted molar refractivity (Wildman–Crippen MR) is 117 cm³/mol. The fraction of sp³-hybridized carbons (Fsp3) is 0.261. The number of rotatable bonds is 8. The van der Waals surface area contributed by atoms with Crippen LogP contribution in [-0.2, 0) is 25.6 Å². The molecule has 0 saturated carbocycles. The first-order valence-corrected chi connectivity index (χ1v) is 10.1. The number of hydrogen-bond acceptors (Lipinski definition) is 7. The zero-order chi connectivity index (χ0) is 23.1. The molecule has 166 valence electrons. The summed E-state index contributed by atoms with van der Waals surface area (Å²) in [7, 11) is 0. The second kappa shape index (κ2) is 10.3. The van der Waals surface area contributed by atoms with Gasteiger partial charge in [-0.1, -0.05) is 36.4 Å². The van der Waals surface area contributed by atoms with Gasteiger partial charge < -0.3 is 9.47 Å². The average Bonchev–Trinajstić information content (AvgIpc) is 2.82. The quantitative estimate of drug-likeness (QED) is 0.497. The Morgan fingerprint density at radius 3 is 2.25 bits per heavy atom. The van der Waals surface area contributed by atoms with Crippen LogP contribution in [0.3, 0.4) is 0 Å². The highest BCUT2D eigenvalue weighted by Crippen LogP contribution is 2.16. The van der Waals surface area contributed by atoms with Crippen molar-refractivity contribution >= 4 is 34.3 Å². The van der Waals surface area contributed by atoms with Crippen LogP contribution in [0.1, 0.15) is 24.3 Å². The summed E-state index contributed by atoms with van der Waals surface area (Å²) >= 11 is 0. The molecular weight excluding hydrogens is 414 g/mol. The van der Waals surface area contributed by atoms with Gasteiger partial charge in [0.15, 0.2) is 12.3 Å². The molecule has 0 radical (unpaired) electrons. The minimum absolute atomic E-state index is 0.0634. The van der Waals surface area contributed by atoms with E-state index in [1.807, 2.05) is 0 Å². The lowest BCUT2D eigenvalue weighted by Gasteiger charge is -2.21. The first-order valence-electron chi connectivity index (χ1n) is 10.1. The molecule has 0 unspecified atom stereocenters. The Morgan fingerprint density at radius 2 is 1.59 bits per heavy atom. The van der Waals surface area contributed by atoms with Crippen LogP contribution < -0.4 is 10.5 Å². The number of hydrogen-bond donors (Lipinski definition) is 0. The number of esters is 2. The van der Waals surface area contributed by atoms with E-state index in [2.05, 4.69) is 5.10 Å². The van der Waals surface area contributed by atoms with Gasteiger partial charge >= 0.3 is 11.9 Å². The second-order valence-corrected chi connectivity index (χ2v) is 6.71. The molecule has 0 aliphatic rings. The summed E-state index contributed by atoms with van der Waals surface area (Å²) in [6, 6.07) is 15.1. The molecule has 1 aromatic heterocycles. The van der Waals surface area contributed by atoms with E-state index in [4.69, 9.17) is 9.47 Å². The van der Waals surface area contributed by atoms with Crippen molar-refractivity contribution in [2.75, 3.05) is 24.7 Å². The van der Waals surface area contributed by atoms with Crippen LogP contribution in [0.15, 0.2) is 59.4 Å². The van der Waals surface area contributed by atoms with Crippen molar-refractivity contribution in [3.05, 3.63) is 70.6 Å². The molecule has 0 atom stereocenters. The highest BCUT2D eigenvalue weighted by Gasteiger charge is 2.23. The molecule has 3 aromatic rings. The Bertz CT molecular complexity index is 1190. The number of aryl methyl sites for hydroxylation is 1. The zero-order valence-electron chi connectivity index (χ0n) is 17.8. The van der Waals surface area contributed by atoms with Crippen molar-refractivity contribution < 1.29 is 23.9 Å². The van der Waals surface area contributed by atoms with E-state index >= 15 is 0 Å². The summed E-state index contributed by atoms with van der Waals surface area (Å²) in [5.74, 6) is -2.04. The number of aromatic nitrogens is 2. The fourth-order valence-electron chi connectivity index (χ4n) is 3.14. The van der Waals surface area contributed by atoms with Crippen LogP contribution in [0.5, 0.6) is 0 Å². The maximum absolute atomic E-state index is 12.8. The molecule has 9 nitrogen and oxygen atoms in total. The van der Waals surface area contributed by atoms with E-state index < -0.39 is 24.5 Å². The third-order valence-electron chi connectivity index (χ3n) is 4.65. The van der Waals surface area contributed by atoms with Gasteiger partial charge in [0.25, 0.3) is 11.5 Å². The number of carbonyl (C=O) groups excluding carboxylic acids is 3. The lowest BCUT2D eigenvalue weighted by Crippen LogP contribution is -2.39. The number of ether oxygens (including phenoxy) is 2. The maximum Gasteiger partial charge on any atom is 0.359 e. The Labute approximate surface area is 184 Å². The van der Waals surface area contributed by atoms with Crippen LogP contribution >= 0.6 is 0 Å². The van der Waals surface area contributed by atoms with Crippen molar-refractivity contribution in [3.8, 4) is 0 Å². The molecule has 0 N–H and O–H groups in total. The molecule has 0 aliphatic heterocycles. The van der Waals surface area contributed by atoms with E-state index in [0.29, 0.717) is 16.5 Å². The number of anilines is 1. The predicted octanol–water partition coefficient (Wildman–Crippen LogP) is 2.17. The highest BCUT2D eigenvalue weighted by atomic mass is 16.5. The monoisotopic (exact) mass is 437 g/mol. The normalized spacial score (nSPS) is 10.6. The number of fused-ring (bicyclic) bond motifs is 1. The lowest BCUT2D eigenvalue weighted by molar-refractivity contribution is -0.142. The first kappa shape index (κ1) is 22.7. The van der Waals surface area contributed by atoms with E-state index in [1.165, 1.54) is 4.90 Å². The number of carbonyl (C=O) groups is 3. The Kier molecular flexibility index (Phi) is 7.33. The van der Waals surface area contributed by atoms with Gasteiger partial charge in [0.1, 0.15) is 6.54 Å². The molecule has 3 rings (SSSR count). The number of para-hydroxylation sites is 1. The molecule has 0 bridgehead atoms. The van der Waals surface area contributed by atoms with Crippen molar-refractivity contribution in [2.45, 2.75) is 20.4 Å². The smallest absolute Gasteiger partial charge is 0.359 e. The van der Waals surface area contributed by atoms with Crippen molar-refractivity contribution in [1.82, 2.24) is 9.78 Å². The SMILES string of the molecule is CCOC(=O)CN(C(=O)COC(=O)c1nn(CC)c(=O)c2ccccc12)c1ccccc1. The molecule has 0 spiro atoms. The van der Waals surface area contributed by atoms with E-state index in [9.17, 15) is 19.2 Å². The molecule has 0 fully saturated rings. The van der Waals surface area contributed by atoms with Crippen LogP contribution in [-0.4, -0.2) is 47.4 Å². The third-order valence-corrected chi connectivity index (χ3v) is 4.65. The van der Waals surface area contributed by atoms with Gasteiger partial charge in [-0.3, -0.25) is 19.3 Å². The Morgan fingerprint density at radius 1 is 0.938 bits per heavy atom. The van der Waals surface area contributed by atoms with Gasteiger partial charge in [-0.05, 0) is 32.0 Å². The second-order valence-electron chi connectivity index (χ2n) is 6.71. The number of amides is 1. The molecule has 2 aromatic carbocycles. The summed E-state index contributed by atoms with van der Waals surface area (Å²) < 4.78 is 11.3. The number of benzene rings is 2. The average molecular weight is 437 g/mol. The fourth-order valence-corrected chi connectivity index (χ4v) is 3.14. The Hall–Kier alpha value is -4.01. The highest BCUT2D eigenvalue weighted by molar-refractivity contribution is 6.04. The minimum atomic E-state index is -0.846. The summed E-state index contributed by atoms with van der Waals surface area (Å²) in [5.41, 5.74) is 0.0802. The van der Waals surface area contributed by atoms with Crippen LogP contribution in [0.4, 0.5) is 5.69 Å². The van der Waals surface area contributed by atoms with Crippen LogP contribution in [0.25, 0.3) is 10.8 Å². The Balaban J connectivity index is 1.82. The maximum atomic E-state index is 12.8. The molecule has 1 amide bonds. The van der Waals surface area contributed by atoms with Crippen LogP contribution in [0, 0.1) is 0 Å². The largest absolute Gasteiger partial charge is 0.465 e. The third kappa shape index (κ3) is 5.00. The van der Waals surface area contributed by atoms with Gasteiger partial charge in [-0.15, -0.1) is 0 Å². The molecular formula is C23H23N3O6. The van der Waals surface area contributed by atoms with Gasteiger partial charge in [0, 0.05) is 17.6 Å². The topological polar surface area (TPSA) is 108 Å². The summed E-state index contributed by atoms with van der Waals surface area (Å²) in [6.45, 7) is 2.90. The standard InChI is InChI=1S/C23H23N3O6/c1-3-26-22(29)18-13-9-8-12-17(18)21(24-26)23(30)32-15-19(27)25(14-20(28)31-4-2)16-10-6-5-7-11-16/h5-13H,3-4,14-15H2,1-2H3. The molecule has 9 heteroatoms. The van der Waals surface area contributed by atoms with Gasteiger partial charge in [0.2, 0.25) is 0 Å². The molecule has 0 aliphatic carbocycles. The minimum Gasteiger partial charge on any atom is -0.465 e. The lowest BCUT2D eigenvalue weighted by atomic mass is 10.1. The molecule has 1 heterocycles. The molecule has 32 heavy (non-hydrogen) atoms. The van der Waals surface area contributed by atoms with Crippen molar-refractivity contribution in [2.24, 2.45) is 0 Å². The van der Waals surface area contributed by atoms with E-state index in [-0.39, 0.29) is 30.9 Å². The van der Waals surface area contributed by atoms with E-state index in [0.717, 1.165) is 4.68 Å². The van der Waals surface area contributed by atoms with Gasteiger partial charge in [0.05, 0.1) is 12.0 Å². The molecule has 0 saturated heterocycles. The summed E-state index contributed by atoms with van der Waals surface area (Å²) in [6.07, 6.45) is 0. The van der Waals surface area contributed by atoms with Gasteiger partial charge in [-0.25, -0.2) is 9.48 Å². The first-order chi connectivity index (χ1) is 15.5. The van der Waals surface area contributed by atoms with Gasteiger partial charge in [-0.2, -0.15) is 5.10 Å².